The number of amides is 1. The third-order valence-corrected chi connectivity index (χ3v) is 1.18. The van der Waals surface area contributed by atoms with E-state index in [1.165, 1.54) is 0 Å². The molecule has 0 aromatic heterocycles. The van der Waals surface area contributed by atoms with Crippen molar-refractivity contribution in [3.63, 3.8) is 0 Å². The molecule has 0 aliphatic carbocycles. The first-order chi connectivity index (χ1) is 5.06. The van der Waals surface area contributed by atoms with Crippen molar-refractivity contribution in [2.24, 2.45) is 5.41 Å². The van der Waals surface area contributed by atoms with Gasteiger partial charge >= 0.3 is 0 Å². The molecule has 3 nitrogen and oxygen atoms in total. The SMILES string of the molecule is CC(C)(C)CNCCNC=O. The first kappa shape index (κ1) is 10.4. The Bertz CT molecular complexity index is 107. The fraction of sp³-hybridized carbons (Fsp3) is 0.875. The molecule has 0 fully saturated rings. The first-order valence-electron chi connectivity index (χ1n) is 3.94. The summed E-state index contributed by atoms with van der Waals surface area (Å²) < 4.78 is 0. The second-order valence-electron chi connectivity index (χ2n) is 3.81. The van der Waals surface area contributed by atoms with Crippen LogP contribution in [0.4, 0.5) is 0 Å². The van der Waals surface area contributed by atoms with Gasteiger partial charge < -0.3 is 10.6 Å². The lowest BCUT2D eigenvalue weighted by atomic mass is 9.97. The fourth-order valence-electron chi connectivity index (χ4n) is 0.683. The Hall–Kier alpha value is -0.570. The minimum atomic E-state index is 0.321. The minimum absolute atomic E-state index is 0.321. The number of carbonyl (C=O) groups is 1. The standard InChI is InChI=1S/C8H18N2O/c1-8(2,3)6-9-4-5-10-7-11/h7,9H,4-6H2,1-3H3,(H,10,11). The summed E-state index contributed by atoms with van der Waals surface area (Å²) in [6.45, 7) is 9.05. The first-order valence-corrected chi connectivity index (χ1v) is 3.94. The lowest BCUT2D eigenvalue weighted by Gasteiger charge is -2.18. The van der Waals surface area contributed by atoms with Crippen LogP contribution in [0.1, 0.15) is 20.8 Å². The fourth-order valence-corrected chi connectivity index (χ4v) is 0.683. The molecule has 0 rings (SSSR count). The van der Waals surface area contributed by atoms with E-state index in [1.54, 1.807) is 0 Å². The molecule has 0 bridgehead atoms. The zero-order valence-corrected chi connectivity index (χ0v) is 7.61. The van der Waals surface area contributed by atoms with Crippen LogP contribution in [0, 0.1) is 5.41 Å². The van der Waals surface area contributed by atoms with Crippen LogP contribution in [0.2, 0.25) is 0 Å². The lowest BCUT2D eigenvalue weighted by molar-refractivity contribution is -0.109. The highest BCUT2D eigenvalue weighted by atomic mass is 16.1. The molecule has 2 N–H and O–H groups in total. The maximum absolute atomic E-state index is 9.83. The van der Waals surface area contributed by atoms with Crippen LogP contribution in [0.15, 0.2) is 0 Å². The number of hydrogen-bond acceptors (Lipinski definition) is 2. The van der Waals surface area contributed by atoms with Gasteiger partial charge in [-0.3, -0.25) is 4.79 Å². The van der Waals surface area contributed by atoms with Gasteiger partial charge in [-0.05, 0) is 5.41 Å². The van der Waals surface area contributed by atoms with Crippen molar-refractivity contribution in [2.75, 3.05) is 19.6 Å². The molecule has 0 radical (unpaired) electrons. The summed E-state index contributed by atoms with van der Waals surface area (Å²) in [4.78, 5) is 9.83. The van der Waals surface area contributed by atoms with Gasteiger partial charge in [0.05, 0.1) is 0 Å². The second-order valence-corrected chi connectivity index (χ2v) is 3.81. The smallest absolute Gasteiger partial charge is 0.207 e. The van der Waals surface area contributed by atoms with E-state index in [2.05, 4.69) is 31.4 Å². The van der Waals surface area contributed by atoms with Gasteiger partial charge in [-0.2, -0.15) is 0 Å². The quantitative estimate of drug-likeness (QED) is 0.448. The largest absolute Gasteiger partial charge is 0.357 e. The molecule has 66 valence electrons. The highest BCUT2D eigenvalue weighted by Gasteiger charge is 2.07. The van der Waals surface area contributed by atoms with Crippen LogP contribution in [-0.2, 0) is 4.79 Å². The lowest BCUT2D eigenvalue weighted by Crippen LogP contribution is -2.32. The molecule has 3 heteroatoms. The van der Waals surface area contributed by atoms with Crippen molar-refractivity contribution in [1.29, 1.82) is 0 Å². The molecule has 0 heterocycles. The van der Waals surface area contributed by atoms with Gasteiger partial charge in [0.2, 0.25) is 6.41 Å². The van der Waals surface area contributed by atoms with Crippen molar-refractivity contribution in [2.45, 2.75) is 20.8 Å². The summed E-state index contributed by atoms with van der Waals surface area (Å²) in [5.74, 6) is 0. The molecule has 0 saturated carbocycles. The van der Waals surface area contributed by atoms with Crippen molar-refractivity contribution in [1.82, 2.24) is 10.6 Å². The number of rotatable bonds is 5. The molecule has 0 aliphatic rings. The van der Waals surface area contributed by atoms with Gasteiger partial charge in [0.15, 0.2) is 0 Å². The minimum Gasteiger partial charge on any atom is -0.357 e. The summed E-state index contributed by atoms with van der Waals surface area (Å²) >= 11 is 0. The van der Waals surface area contributed by atoms with Crippen LogP contribution >= 0.6 is 0 Å². The highest BCUT2D eigenvalue weighted by molar-refractivity contribution is 5.45. The summed E-state index contributed by atoms with van der Waals surface area (Å²) in [7, 11) is 0. The molecule has 11 heavy (non-hydrogen) atoms. The maximum Gasteiger partial charge on any atom is 0.207 e. The zero-order valence-electron chi connectivity index (χ0n) is 7.61. The van der Waals surface area contributed by atoms with Gasteiger partial charge in [0.1, 0.15) is 0 Å². The summed E-state index contributed by atoms with van der Waals surface area (Å²) in [6.07, 6.45) is 0.721. The van der Waals surface area contributed by atoms with E-state index < -0.39 is 0 Å². The van der Waals surface area contributed by atoms with E-state index in [-0.39, 0.29) is 0 Å². The Kier molecular flexibility index (Phi) is 4.86. The highest BCUT2D eigenvalue weighted by Crippen LogP contribution is 2.09. The molecule has 0 saturated heterocycles. The predicted molar refractivity (Wildman–Crippen MR) is 46.4 cm³/mol. The third-order valence-electron chi connectivity index (χ3n) is 1.18. The summed E-state index contributed by atoms with van der Waals surface area (Å²) in [5, 5.41) is 5.83. The normalized spacial score (nSPS) is 11.2. The van der Waals surface area contributed by atoms with Crippen LogP contribution in [0.25, 0.3) is 0 Å². The Morgan fingerprint density at radius 1 is 1.27 bits per heavy atom. The predicted octanol–water partition coefficient (Wildman–Crippen LogP) is 0.368. The van der Waals surface area contributed by atoms with E-state index in [0.717, 1.165) is 19.5 Å². The second kappa shape index (κ2) is 5.13. The Labute approximate surface area is 68.6 Å². The van der Waals surface area contributed by atoms with Crippen LogP contribution in [0.3, 0.4) is 0 Å². The topological polar surface area (TPSA) is 41.1 Å². The average molecular weight is 158 g/mol. The van der Waals surface area contributed by atoms with E-state index >= 15 is 0 Å². The number of hydrogen-bond donors (Lipinski definition) is 2. The maximum atomic E-state index is 9.83. The molecular weight excluding hydrogens is 140 g/mol. The Morgan fingerprint density at radius 2 is 1.91 bits per heavy atom. The van der Waals surface area contributed by atoms with Gasteiger partial charge in [0, 0.05) is 19.6 Å². The molecular formula is C8H18N2O. The third kappa shape index (κ3) is 9.43. The van der Waals surface area contributed by atoms with Crippen molar-refractivity contribution in [3.8, 4) is 0 Å². The molecule has 0 aromatic rings. The van der Waals surface area contributed by atoms with E-state index in [1.807, 2.05) is 0 Å². The molecule has 0 atom stereocenters. The number of nitrogens with one attached hydrogen (secondary N) is 2. The summed E-state index contributed by atoms with van der Waals surface area (Å²) in [5.41, 5.74) is 0.321. The Balaban J connectivity index is 3.08. The average Bonchev–Trinajstić information content (AvgIpc) is 1.85. The van der Waals surface area contributed by atoms with Gasteiger partial charge in [-0.15, -0.1) is 0 Å². The van der Waals surface area contributed by atoms with Crippen molar-refractivity contribution >= 4 is 6.41 Å². The molecule has 0 aromatic carbocycles. The van der Waals surface area contributed by atoms with Gasteiger partial charge in [-0.25, -0.2) is 0 Å². The van der Waals surface area contributed by atoms with Crippen molar-refractivity contribution in [3.05, 3.63) is 0 Å². The monoisotopic (exact) mass is 158 g/mol. The van der Waals surface area contributed by atoms with E-state index in [0.29, 0.717) is 12.0 Å². The van der Waals surface area contributed by atoms with Crippen LogP contribution in [0.5, 0.6) is 0 Å². The van der Waals surface area contributed by atoms with E-state index in [9.17, 15) is 4.79 Å². The van der Waals surface area contributed by atoms with Gasteiger partial charge in [-0.1, -0.05) is 20.8 Å². The van der Waals surface area contributed by atoms with Crippen molar-refractivity contribution < 1.29 is 4.79 Å². The van der Waals surface area contributed by atoms with Crippen LogP contribution in [-0.4, -0.2) is 26.0 Å². The number of carbonyl (C=O) groups excluding carboxylic acids is 1. The van der Waals surface area contributed by atoms with Gasteiger partial charge in [0.25, 0.3) is 0 Å². The molecule has 0 aliphatic heterocycles. The molecule has 0 spiro atoms. The van der Waals surface area contributed by atoms with Crippen LogP contribution < -0.4 is 10.6 Å². The molecule has 1 amide bonds. The zero-order chi connectivity index (χ0) is 8.74. The van der Waals surface area contributed by atoms with E-state index in [4.69, 9.17) is 0 Å². The molecule has 0 unspecified atom stereocenters. The Morgan fingerprint density at radius 3 is 2.36 bits per heavy atom. The summed E-state index contributed by atoms with van der Waals surface area (Å²) in [6, 6.07) is 0.